The van der Waals surface area contributed by atoms with Crippen LogP contribution in [0.25, 0.3) is 10.4 Å². The van der Waals surface area contributed by atoms with Crippen molar-refractivity contribution in [2.75, 3.05) is 13.2 Å². The molecule has 1 amide bonds. The number of rotatable bonds is 8. The maximum absolute atomic E-state index is 12.5. The molecule has 17 nitrogen and oxygen atoms in total. The molecule has 5 aliphatic heterocycles. The summed E-state index contributed by atoms with van der Waals surface area (Å²) in [6, 6.07) is 14.3. The van der Waals surface area contributed by atoms with Crippen LogP contribution in [0, 0.1) is 6.92 Å². The molecule has 0 bridgehead atoms. The Balaban J connectivity index is 0.000000177. The van der Waals surface area contributed by atoms with Crippen molar-refractivity contribution in [3.63, 3.8) is 0 Å². The molecule has 7 rings (SSSR count). The first kappa shape index (κ1) is 37.4. The topological polar surface area (TPSA) is 218 Å². The molecule has 5 fully saturated rings. The molecule has 0 aromatic heterocycles. The quantitative estimate of drug-likeness (QED) is 0.173. The zero-order valence-electron chi connectivity index (χ0n) is 28.7. The van der Waals surface area contributed by atoms with E-state index < -0.39 is 95.7 Å². The van der Waals surface area contributed by atoms with Gasteiger partial charge in [0.25, 0.3) is 10.1 Å². The minimum atomic E-state index is -4.05. The van der Waals surface area contributed by atoms with E-state index in [2.05, 4.69) is 10.0 Å². The third-order valence-corrected chi connectivity index (χ3v) is 10.2. The highest BCUT2D eigenvalue weighted by Crippen LogP contribution is 2.43. The maximum Gasteiger partial charge on any atom is 0.410 e. The lowest BCUT2D eigenvalue weighted by Gasteiger charge is -2.27. The summed E-state index contributed by atoms with van der Waals surface area (Å²) in [7, 11) is -4.05. The molecule has 10 atom stereocenters. The van der Waals surface area contributed by atoms with Crippen molar-refractivity contribution in [2.24, 2.45) is 5.11 Å². The summed E-state index contributed by atoms with van der Waals surface area (Å²) in [5.74, 6) is -1.69. The van der Waals surface area contributed by atoms with E-state index in [9.17, 15) is 23.4 Å². The number of β-amino-alcohol motifs (C(OH)–C–C–N with tert-alkyl or cyclic N) is 1. The molecular weight excluding hydrogens is 692 g/mol. The molecule has 2 unspecified atom stereocenters. The van der Waals surface area contributed by atoms with Crippen LogP contribution in [0.5, 0.6) is 0 Å². The van der Waals surface area contributed by atoms with Crippen molar-refractivity contribution in [1.82, 2.24) is 4.90 Å². The summed E-state index contributed by atoms with van der Waals surface area (Å²) in [6.07, 6.45) is -6.71. The Morgan fingerprint density at radius 1 is 0.980 bits per heavy atom. The van der Waals surface area contributed by atoms with E-state index in [1.54, 1.807) is 39.8 Å². The fourth-order valence-corrected chi connectivity index (χ4v) is 7.59. The molecule has 0 radical (unpaired) electrons. The Morgan fingerprint density at radius 2 is 1.61 bits per heavy atom. The van der Waals surface area contributed by atoms with Gasteiger partial charge in [-0.3, -0.25) is 9.08 Å². The van der Waals surface area contributed by atoms with Crippen LogP contribution in [-0.2, 0) is 54.1 Å². The molecule has 2 aromatic carbocycles. The number of aliphatic hydroxyl groups excluding tert-OH is 2. The van der Waals surface area contributed by atoms with E-state index in [0.717, 1.165) is 11.1 Å². The SMILES string of the molecule is CC1(C)O[C@H]2O[C@H]3[C@@H]([C@H]2O1)N(C(=O)OCc1ccccc1)C[C@H]3O.Cc1ccc(S(=O)(=O)OCC(O)C2O[C@@H]3OC(C)(C)O[C@@H]3[C@H]2N=[N+]=[N-])cc1. The van der Waals surface area contributed by atoms with Gasteiger partial charge in [-0.25, -0.2) is 4.79 Å². The summed E-state index contributed by atoms with van der Waals surface area (Å²) in [5.41, 5.74) is 10.6. The van der Waals surface area contributed by atoms with E-state index >= 15 is 0 Å². The molecule has 5 saturated heterocycles. The first-order valence-electron chi connectivity index (χ1n) is 16.4. The minimum absolute atomic E-state index is 0.0236. The van der Waals surface area contributed by atoms with Crippen molar-refractivity contribution in [3.8, 4) is 0 Å². The number of aliphatic hydroxyl groups is 2. The number of benzene rings is 2. The molecule has 5 heterocycles. The number of fused-ring (bicyclic) bond motifs is 4. The standard InChI is InChI=1S/C17H21NO6.C16H21N3O7S/c1-17(2)23-14-12-13(22-15(14)24-17)11(19)8-18(12)16(20)21-9-10-6-4-3-5-7-10;1-9-4-6-10(7-5-9)27(21,22)23-8-11(20)13-12(18-19-17)14-15(24-13)26-16(2,3)25-14/h3-7,11-15,19H,8-9H2,1-2H3;4-7,11-15,20H,8H2,1-3H3/t11-,12+,13-,14-,15-;11?,12-,13?,14+,15+/m10/s1. The molecule has 2 aromatic rings. The van der Waals surface area contributed by atoms with E-state index in [4.69, 9.17) is 42.9 Å². The summed E-state index contributed by atoms with van der Waals surface area (Å²) in [6.45, 7) is 8.57. The van der Waals surface area contributed by atoms with Gasteiger partial charge in [0.05, 0.1) is 30.1 Å². The van der Waals surface area contributed by atoms with Crippen molar-refractivity contribution in [3.05, 3.63) is 76.2 Å². The average Bonchev–Trinajstić information content (AvgIpc) is 3.83. The highest BCUT2D eigenvalue weighted by atomic mass is 32.2. The van der Waals surface area contributed by atoms with Crippen LogP contribution in [0.3, 0.4) is 0 Å². The van der Waals surface area contributed by atoms with Crippen LogP contribution >= 0.6 is 0 Å². The number of hydrogen-bond donors (Lipinski definition) is 2. The van der Waals surface area contributed by atoms with Gasteiger partial charge in [-0.05, 0) is 57.8 Å². The van der Waals surface area contributed by atoms with Gasteiger partial charge in [0.1, 0.15) is 43.2 Å². The Bertz CT molecular complexity index is 1710. The highest BCUT2D eigenvalue weighted by Gasteiger charge is 2.62. The number of carbonyl (C=O) groups is 1. The van der Waals surface area contributed by atoms with Crippen LogP contribution in [0.2, 0.25) is 0 Å². The minimum Gasteiger partial charge on any atom is -0.445 e. The number of likely N-dealkylation sites (tertiary alicyclic amines) is 1. The first-order chi connectivity index (χ1) is 24.1. The van der Waals surface area contributed by atoms with E-state index in [1.165, 1.54) is 17.0 Å². The van der Waals surface area contributed by atoms with E-state index in [1.807, 2.05) is 37.3 Å². The van der Waals surface area contributed by atoms with E-state index in [-0.39, 0.29) is 18.0 Å². The van der Waals surface area contributed by atoms with E-state index in [0.29, 0.717) is 0 Å². The molecular formula is C33H42N4O13S. The second-order valence-corrected chi connectivity index (χ2v) is 15.3. The van der Waals surface area contributed by atoms with Crippen LogP contribution < -0.4 is 0 Å². The van der Waals surface area contributed by atoms with Crippen LogP contribution in [0.1, 0.15) is 38.8 Å². The number of aryl methyl sites for hydroxylation is 1. The number of hydrogen-bond acceptors (Lipinski definition) is 14. The lowest BCUT2D eigenvalue weighted by molar-refractivity contribution is -0.217. The highest BCUT2D eigenvalue weighted by molar-refractivity contribution is 7.86. The van der Waals surface area contributed by atoms with Crippen LogP contribution in [0.15, 0.2) is 64.6 Å². The number of ether oxygens (including phenoxy) is 7. The Morgan fingerprint density at radius 3 is 2.25 bits per heavy atom. The molecule has 278 valence electrons. The fraction of sp³-hybridized carbons (Fsp3) is 0.606. The Kier molecular flexibility index (Phi) is 10.7. The predicted octanol–water partition coefficient (Wildman–Crippen LogP) is 2.86. The van der Waals surface area contributed by atoms with Crippen molar-refractivity contribution < 1.29 is 60.8 Å². The third-order valence-electron chi connectivity index (χ3n) is 8.94. The first-order valence-corrected chi connectivity index (χ1v) is 17.8. The predicted molar refractivity (Wildman–Crippen MR) is 174 cm³/mol. The van der Waals surface area contributed by atoms with Crippen molar-refractivity contribution in [1.29, 1.82) is 0 Å². The molecule has 0 spiro atoms. The van der Waals surface area contributed by atoms with Gasteiger partial charge in [0, 0.05) is 4.91 Å². The lowest BCUT2D eigenvalue weighted by atomic mass is 10.0. The van der Waals surface area contributed by atoms with Gasteiger partial charge in [-0.1, -0.05) is 53.1 Å². The van der Waals surface area contributed by atoms with Gasteiger partial charge in [0.15, 0.2) is 24.2 Å². The molecule has 5 aliphatic rings. The summed E-state index contributed by atoms with van der Waals surface area (Å²) < 4.78 is 69.0. The van der Waals surface area contributed by atoms with Crippen LogP contribution in [0.4, 0.5) is 4.79 Å². The zero-order chi connectivity index (χ0) is 36.7. The number of amides is 1. The lowest BCUT2D eigenvalue weighted by Crippen LogP contribution is -2.46. The largest absolute Gasteiger partial charge is 0.445 e. The number of nitrogens with zero attached hydrogens (tertiary/aromatic N) is 4. The number of azide groups is 1. The van der Waals surface area contributed by atoms with Crippen molar-refractivity contribution in [2.45, 2.75) is 119 Å². The molecule has 18 heteroatoms. The molecule has 0 saturated carbocycles. The second-order valence-electron chi connectivity index (χ2n) is 13.7. The Labute approximate surface area is 295 Å². The second kappa shape index (κ2) is 14.6. The zero-order valence-corrected chi connectivity index (χ0v) is 29.5. The van der Waals surface area contributed by atoms with Gasteiger partial charge in [0.2, 0.25) is 0 Å². The van der Waals surface area contributed by atoms with Gasteiger partial charge in [-0.15, -0.1) is 0 Å². The summed E-state index contributed by atoms with van der Waals surface area (Å²) >= 11 is 0. The monoisotopic (exact) mass is 734 g/mol. The van der Waals surface area contributed by atoms with Crippen LogP contribution in [-0.4, -0.2) is 116 Å². The van der Waals surface area contributed by atoms with Gasteiger partial charge >= 0.3 is 6.09 Å². The molecule has 51 heavy (non-hydrogen) atoms. The summed E-state index contributed by atoms with van der Waals surface area (Å²) in [5, 5.41) is 24.2. The normalized spacial score (nSPS) is 33.3. The summed E-state index contributed by atoms with van der Waals surface area (Å²) in [4.78, 5) is 16.7. The third kappa shape index (κ3) is 8.16. The maximum atomic E-state index is 12.5. The van der Waals surface area contributed by atoms with Gasteiger partial charge < -0.3 is 43.4 Å². The fourth-order valence-electron chi connectivity index (χ4n) is 6.67. The smallest absolute Gasteiger partial charge is 0.410 e. The number of carbonyl (C=O) groups excluding carboxylic acids is 1. The molecule has 0 aliphatic carbocycles. The molecule has 2 N–H and O–H groups in total. The van der Waals surface area contributed by atoms with Crippen molar-refractivity contribution >= 4 is 16.2 Å². The Hall–Kier alpha value is -3.39. The average molecular weight is 735 g/mol. The van der Waals surface area contributed by atoms with Gasteiger partial charge in [-0.2, -0.15) is 8.42 Å².